The molecule has 0 unspecified atom stereocenters. The van der Waals surface area contributed by atoms with Gasteiger partial charge in [-0.3, -0.25) is 14.4 Å². The Kier molecular flexibility index (Phi) is 47.7. The van der Waals surface area contributed by atoms with E-state index in [1.54, 1.807) is 0 Å². The minimum absolute atomic E-state index is 0.0230. The minimum Gasteiger partial charge on any atom is -0.480 e. The van der Waals surface area contributed by atoms with Gasteiger partial charge in [0.05, 0.1) is 0 Å². The molecule has 8 heteroatoms. The molecule has 372 valence electrons. The van der Waals surface area contributed by atoms with Crippen molar-refractivity contribution in [2.45, 2.75) is 322 Å². The zero-order valence-corrected chi connectivity index (χ0v) is 42.1. The summed E-state index contributed by atoms with van der Waals surface area (Å²) in [5.41, 5.74) is 0. The number of esters is 2. The van der Waals surface area contributed by atoms with Gasteiger partial charge in [-0.1, -0.05) is 252 Å². The van der Waals surface area contributed by atoms with Gasteiger partial charge in [-0.15, -0.1) is 0 Å². The molecule has 63 heavy (non-hydrogen) atoms. The number of ether oxygens (including phenoxy) is 2. The van der Waals surface area contributed by atoms with Crippen molar-refractivity contribution >= 4 is 23.8 Å². The summed E-state index contributed by atoms with van der Waals surface area (Å²) < 4.78 is 11.4. The number of nitrogens with one attached hydrogen (secondary N) is 1. The molecule has 2 N–H and O–H groups in total. The number of carboxylic acid groups (broad SMARTS) is 1. The Balaban J connectivity index is 4.59. The van der Waals surface area contributed by atoms with E-state index in [-0.39, 0.29) is 30.9 Å². The molecule has 0 saturated heterocycles. The SMILES string of the molecule is CCCCCCCCCCCCCCCC(=O)N[C@H](CCC[C@H](COC(=O)CCCCCCCCCCCCCCC)OC(=O)CCCCCCCCCCCCCCC)C(=O)O. The van der Waals surface area contributed by atoms with Crippen LogP contribution in [-0.4, -0.2) is 47.7 Å². The maximum atomic E-state index is 12.9. The average molecular weight is 892 g/mol. The summed E-state index contributed by atoms with van der Waals surface area (Å²) in [6.45, 7) is 6.75. The smallest absolute Gasteiger partial charge is 0.326 e. The summed E-state index contributed by atoms with van der Waals surface area (Å²) in [6.07, 6.45) is 49.5. The molecular weight excluding hydrogens is 787 g/mol. The van der Waals surface area contributed by atoms with Crippen LogP contribution in [0.2, 0.25) is 0 Å². The van der Waals surface area contributed by atoms with Crippen LogP contribution in [0.1, 0.15) is 310 Å². The molecule has 0 aromatic rings. The Morgan fingerprint density at radius 1 is 0.381 bits per heavy atom. The lowest BCUT2D eigenvalue weighted by Gasteiger charge is -2.20. The van der Waals surface area contributed by atoms with Gasteiger partial charge in [-0.05, 0) is 38.5 Å². The zero-order valence-electron chi connectivity index (χ0n) is 42.1. The van der Waals surface area contributed by atoms with Crippen LogP contribution in [0.15, 0.2) is 0 Å². The first-order valence-electron chi connectivity index (χ1n) is 27.7. The van der Waals surface area contributed by atoms with Crippen LogP contribution in [0.5, 0.6) is 0 Å². The molecular formula is C55H105NO7. The zero-order chi connectivity index (χ0) is 46.1. The van der Waals surface area contributed by atoms with Gasteiger partial charge in [0.1, 0.15) is 18.8 Å². The molecule has 2 atom stereocenters. The number of amides is 1. The van der Waals surface area contributed by atoms with Crippen molar-refractivity contribution in [3.63, 3.8) is 0 Å². The van der Waals surface area contributed by atoms with Gasteiger partial charge < -0.3 is 19.9 Å². The molecule has 0 aliphatic heterocycles. The maximum absolute atomic E-state index is 12.9. The second-order valence-electron chi connectivity index (χ2n) is 19.2. The highest BCUT2D eigenvalue weighted by molar-refractivity contribution is 5.83. The molecule has 0 heterocycles. The molecule has 1 amide bonds. The second-order valence-corrected chi connectivity index (χ2v) is 19.2. The van der Waals surface area contributed by atoms with Crippen LogP contribution in [0.3, 0.4) is 0 Å². The molecule has 0 aromatic carbocycles. The number of rotatable bonds is 51. The van der Waals surface area contributed by atoms with Gasteiger partial charge >= 0.3 is 17.9 Å². The molecule has 0 radical (unpaired) electrons. The Hall–Kier alpha value is -2.12. The summed E-state index contributed by atoms with van der Waals surface area (Å²) in [6, 6.07) is -1.00. The van der Waals surface area contributed by atoms with E-state index < -0.39 is 18.1 Å². The largest absolute Gasteiger partial charge is 0.480 e. The lowest BCUT2D eigenvalue weighted by molar-refractivity contribution is -0.159. The number of carbonyl (C=O) groups excluding carboxylic acids is 3. The maximum Gasteiger partial charge on any atom is 0.326 e. The normalized spacial score (nSPS) is 12.3. The third-order valence-electron chi connectivity index (χ3n) is 12.9. The van der Waals surface area contributed by atoms with E-state index >= 15 is 0 Å². The second kappa shape index (κ2) is 49.3. The van der Waals surface area contributed by atoms with E-state index in [1.807, 2.05) is 0 Å². The highest BCUT2D eigenvalue weighted by Gasteiger charge is 2.22. The van der Waals surface area contributed by atoms with Gasteiger partial charge in [-0.25, -0.2) is 4.79 Å². The fourth-order valence-electron chi connectivity index (χ4n) is 8.63. The van der Waals surface area contributed by atoms with E-state index in [0.29, 0.717) is 32.1 Å². The standard InChI is InChI=1S/C55H105NO7/c1-4-7-10-13-16-19-22-25-28-31-34-37-40-46-52(57)56-51(55(60)61)45-43-44-50(63-54(59)48-42-39-36-33-30-27-24-21-18-15-12-9-6-3)49-62-53(58)47-41-38-35-32-29-26-23-20-17-14-11-8-5-2/h50-51H,4-49H2,1-3H3,(H,56,57)(H,60,61)/t50-,51-/m1/s1. The fourth-order valence-corrected chi connectivity index (χ4v) is 8.63. The fraction of sp³-hybridized carbons (Fsp3) is 0.927. The van der Waals surface area contributed by atoms with Gasteiger partial charge in [0.25, 0.3) is 0 Å². The first-order chi connectivity index (χ1) is 30.8. The first kappa shape index (κ1) is 60.9. The molecule has 0 bridgehead atoms. The quantitative estimate of drug-likeness (QED) is 0.0461. The number of hydrogen-bond donors (Lipinski definition) is 2. The summed E-state index contributed by atoms with van der Waals surface area (Å²) in [5, 5.41) is 12.6. The topological polar surface area (TPSA) is 119 Å². The molecule has 0 aromatic heterocycles. The Bertz CT molecular complexity index is 1020. The minimum atomic E-state index is -1.06. The van der Waals surface area contributed by atoms with E-state index in [4.69, 9.17) is 9.47 Å². The molecule has 0 fully saturated rings. The number of aliphatic carboxylic acids is 1. The van der Waals surface area contributed by atoms with Crippen LogP contribution < -0.4 is 5.32 Å². The van der Waals surface area contributed by atoms with Crippen LogP contribution in [0.4, 0.5) is 0 Å². The van der Waals surface area contributed by atoms with Crippen LogP contribution in [0.25, 0.3) is 0 Å². The monoisotopic (exact) mass is 892 g/mol. The summed E-state index contributed by atoms with van der Waals surface area (Å²) in [5.74, 6) is -1.86. The Morgan fingerprint density at radius 3 is 1.02 bits per heavy atom. The third-order valence-corrected chi connectivity index (χ3v) is 12.9. The van der Waals surface area contributed by atoms with Crippen LogP contribution in [-0.2, 0) is 28.7 Å². The Labute approximate surface area is 390 Å². The number of carbonyl (C=O) groups is 4. The van der Waals surface area contributed by atoms with Gasteiger partial charge in [-0.2, -0.15) is 0 Å². The van der Waals surface area contributed by atoms with E-state index in [0.717, 1.165) is 57.8 Å². The van der Waals surface area contributed by atoms with Crippen LogP contribution >= 0.6 is 0 Å². The molecule has 0 rings (SSSR count). The van der Waals surface area contributed by atoms with Crippen molar-refractivity contribution < 1.29 is 33.8 Å². The first-order valence-corrected chi connectivity index (χ1v) is 27.7. The van der Waals surface area contributed by atoms with Crippen molar-refractivity contribution in [3.8, 4) is 0 Å². The summed E-state index contributed by atoms with van der Waals surface area (Å²) in [4.78, 5) is 50.4. The van der Waals surface area contributed by atoms with Crippen molar-refractivity contribution in [2.24, 2.45) is 0 Å². The van der Waals surface area contributed by atoms with E-state index in [9.17, 15) is 24.3 Å². The number of carboxylic acids is 1. The third kappa shape index (κ3) is 46.2. The lowest BCUT2D eigenvalue weighted by Crippen LogP contribution is -2.40. The lowest BCUT2D eigenvalue weighted by atomic mass is 10.0. The predicted octanol–water partition coefficient (Wildman–Crippen LogP) is 16.6. The predicted molar refractivity (Wildman–Crippen MR) is 265 cm³/mol. The molecule has 0 aliphatic carbocycles. The molecule has 0 spiro atoms. The average Bonchev–Trinajstić information content (AvgIpc) is 3.27. The highest BCUT2D eigenvalue weighted by atomic mass is 16.6. The number of hydrogen-bond acceptors (Lipinski definition) is 6. The summed E-state index contributed by atoms with van der Waals surface area (Å²) in [7, 11) is 0. The van der Waals surface area contributed by atoms with E-state index in [1.165, 1.54) is 193 Å². The van der Waals surface area contributed by atoms with E-state index in [2.05, 4.69) is 26.1 Å². The van der Waals surface area contributed by atoms with Crippen molar-refractivity contribution in [1.29, 1.82) is 0 Å². The molecule has 8 nitrogen and oxygen atoms in total. The highest BCUT2D eigenvalue weighted by Crippen LogP contribution is 2.18. The van der Waals surface area contributed by atoms with Crippen molar-refractivity contribution in [3.05, 3.63) is 0 Å². The van der Waals surface area contributed by atoms with Crippen LogP contribution in [0, 0.1) is 0 Å². The van der Waals surface area contributed by atoms with Gasteiger partial charge in [0, 0.05) is 19.3 Å². The van der Waals surface area contributed by atoms with Gasteiger partial charge in [0.2, 0.25) is 5.91 Å². The number of unbranched alkanes of at least 4 members (excludes halogenated alkanes) is 36. The summed E-state index contributed by atoms with van der Waals surface area (Å²) >= 11 is 0. The van der Waals surface area contributed by atoms with Crippen molar-refractivity contribution in [2.75, 3.05) is 6.61 Å². The van der Waals surface area contributed by atoms with Gasteiger partial charge in [0.15, 0.2) is 0 Å². The molecule has 0 saturated carbocycles. The molecule has 0 aliphatic rings. The van der Waals surface area contributed by atoms with Crippen molar-refractivity contribution in [1.82, 2.24) is 5.32 Å². The Morgan fingerprint density at radius 2 is 0.683 bits per heavy atom.